The number of fused-ring (bicyclic) bond motifs is 1. The molecule has 8 nitrogen and oxygen atoms in total. The van der Waals surface area contributed by atoms with Crippen LogP contribution in [0.5, 0.6) is 11.5 Å². The molecule has 0 saturated carbocycles. The van der Waals surface area contributed by atoms with Crippen molar-refractivity contribution in [3.8, 4) is 11.5 Å². The first kappa shape index (κ1) is 18.1. The first-order chi connectivity index (χ1) is 12.4. The highest BCUT2D eigenvalue weighted by Crippen LogP contribution is 2.34. The Morgan fingerprint density at radius 1 is 1.08 bits per heavy atom. The van der Waals surface area contributed by atoms with Crippen LogP contribution in [0.2, 0.25) is 0 Å². The van der Waals surface area contributed by atoms with Gasteiger partial charge in [-0.15, -0.1) is 0 Å². The lowest BCUT2D eigenvalue weighted by atomic mass is 10.2. The summed E-state index contributed by atoms with van der Waals surface area (Å²) in [7, 11) is -1.10. The van der Waals surface area contributed by atoms with Gasteiger partial charge in [0.2, 0.25) is 0 Å². The number of aromatic nitrogens is 2. The van der Waals surface area contributed by atoms with Crippen molar-refractivity contribution in [2.75, 3.05) is 19.5 Å². The second-order valence-electron chi connectivity index (χ2n) is 5.51. The van der Waals surface area contributed by atoms with E-state index in [-0.39, 0.29) is 5.30 Å². The normalized spacial score (nSPS) is 11.4. The van der Waals surface area contributed by atoms with Gasteiger partial charge in [0.25, 0.3) is 0 Å². The number of benzene rings is 2. The third-order valence-corrected chi connectivity index (χ3v) is 4.84. The van der Waals surface area contributed by atoms with Gasteiger partial charge >= 0.3 is 7.60 Å². The molecular formula is C17H18N3O5P. The van der Waals surface area contributed by atoms with Gasteiger partial charge in [-0.1, -0.05) is 12.1 Å². The maximum atomic E-state index is 11.2. The number of anilines is 1. The molecule has 0 atom stereocenters. The number of hydrogen-bond acceptors (Lipinski definition) is 6. The summed E-state index contributed by atoms with van der Waals surface area (Å²) in [6.45, 7) is 0.424. The minimum absolute atomic E-state index is 0.0109. The quantitative estimate of drug-likeness (QED) is 0.561. The predicted molar refractivity (Wildman–Crippen MR) is 98.1 cm³/mol. The summed E-state index contributed by atoms with van der Waals surface area (Å²) < 4.78 is 21.9. The largest absolute Gasteiger partial charge is 0.497 e. The summed E-state index contributed by atoms with van der Waals surface area (Å²) in [6.07, 6.45) is 1.44. The van der Waals surface area contributed by atoms with E-state index in [4.69, 9.17) is 19.3 Å². The predicted octanol–water partition coefficient (Wildman–Crippen LogP) is 2.06. The molecule has 0 saturated heterocycles. The Bertz CT molecular complexity index is 972. The van der Waals surface area contributed by atoms with Crippen LogP contribution in [0.4, 0.5) is 5.82 Å². The van der Waals surface area contributed by atoms with E-state index in [9.17, 15) is 4.57 Å². The molecule has 0 unspecified atom stereocenters. The smallest absolute Gasteiger partial charge is 0.356 e. The van der Waals surface area contributed by atoms with Gasteiger partial charge in [-0.3, -0.25) is 4.57 Å². The van der Waals surface area contributed by atoms with E-state index in [0.717, 1.165) is 10.9 Å². The highest BCUT2D eigenvalue weighted by Gasteiger charge is 2.16. The second kappa shape index (κ2) is 7.29. The molecule has 0 bridgehead atoms. The van der Waals surface area contributed by atoms with Gasteiger partial charge in [0.15, 0.2) is 0 Å². The Labute approximate surface area is 150 Å². The summed E-state index contributed by atoms with van der Waals surface area (Å²) in [5.41, 5.74) is 1.51. The maximum absolute atomic E-state index is 11.2. The standard InChI is InChI=1S/C17H18N3O5P/c1-24-12-7-14-16(15(8-12)25-2)19-10-20-17(14)18-9-11-3-5-13(6-4-11)26(21,22)23/h3-8,10H,9H2,1-2H3,(H,18,19,20)(H2,21,22,23). The molecule has 3 rings (SSSR count). The number of rotatable bonds is 6. The minimum atomic E-state index is -4.23. The molecule has 1 aromatic heterocycles. The third kappa shape index (κ3) is 3.77. The molecule has 9 heteroatoms. The van der Waals surface area contributed by atoms with E-state index in [2.05, 4.69) is 15.3 Å². The number of ether oxygens (including phenoxy) is 2. The van der Waals surface area contributed by atoms with Crippen LogP contribution in [-0.4, -0.2) is 34.0 Å². The van der Waals surface area contributed by atoms with Crippen LogP contribution < -0.4 is 20.1 Å². The highest BCUT2D eigenvalue weighted by atomic mass is 31.2. The zero-order valence-corrected chi connectivity index (χ0v) is 15.1. The number of methoxy groups -OCH3 is 2. The highest BCUT2D eigenvalue weighted by molar-refractivity contribution is 7.60. The van der Waals surface area contributed by atoms with E-state index in [0.29, 0.717) is 29.4 Å². The monoisotopic (exact) mass is 375 g/mol. The fourth-order valence-corrected chi connectivity index (χ4v) is 3.06. The lowest BCUT2D eigenvalue weighted by molar-refractivity contribution is 0.387. The summed E-state index contributed by atoms with van der Waals surface area (Å²) in [6, 6.07) is 9.72. The zero-order valence-electron chi connectivity index (χ0n) is 14.2. The second-order valence-corrected chi connectivity index (χ2v) is 7.12. The van der Waals surface area contributed by atoms with Crippen molar-refractivity contribution in [1.29, 1.82) is 0 Å². The van der Waals surface area contributed by atoms with Gasteiger partial charge < -0.3 is 24.6 Å². The summed E-state index contributed by atoms with van der Waals surface area (Å²) in [5, 5.41) is 3.94. The fraction of sp³-hybridized carbons (Fsp3) is 0.176. The molecule has 0 radical (unpaired) electrons. The van der Waals surface area contributed by atoms with Gasteiger partial charge in [0, 0.05) is 12.6 Å². The molecule has 0 aliphatic heterocycles. The van der Waals surface area contributed by atoms with Crippen molar-refractivity contribution in [2.45, 2.75) is 6.54 Å². The van der Waals surface area contributed by atoms with Crippen molar-refractivity contribution in [3.63, 3.8) is 0 Å². The average Bonchev–Trinajstić information content (AvgIpc) is 2.65. The maximum Gasteiger partial charge on any atom is 0.356 e. The molecule has 0 fully saturated rings. The first-order valence-corrected chi connectivity index (χ1v) is 9.29. The molecule has 0 aliphatic carbocycles. The average molecular weight is 375 g/mol. The molecule has 0 spiro atoms. The molecule has 3 aromatic rings. The molecule has 3 N–H and O–H groups in total. The minimum Gasteiger partial charge on any atom is -0.497 e. The first-order valence-electron chi connectivity index (χ1n) is 7.68. The van der Waals surface area contributed by atoms with Gasteiger partial charge in [-0.2, -0.15) is 0 Å². The lowest BCUT2D eigenvalue weighted by Crippen LogP contribution is -2.06. The molecule has 0 aliphatic rings. The molecule has 2 aromatic carbocycles. The Hall–Kier alpha value is -2.67. The van der Waals surface area contributed by atoms with Crippen LogP contribution in [-0.2, 0) is 11.1 Å². The molecule has 0 amide bonds. The fourth-order valence-electron chi connectivity index (χ4n) is 2.52. The Morgan fingerprint density at radius 2 is 1.81 bits per heavy atom. The van der Waals surface area contributed by atoms with Crippen LogP contribution in [0, 0.1) is 0 Å². The molecular weight excluding hydrogens is 357 g/mol. The molecule has 136 valence electrons. The van der Waals surface area contributed by atoms with Gasteiger partial charge in [-0.25, -0.2) is 9.97 Å². The Morgan fingerprint density at radius 3 is 2.42 bits per heavy atom. The van der Waals surface area contributed by atoms with Crippen LogP contribution in [0.25, 0.3) is 10.9 Å². The van der Waals surface area contributed by atoms with E-state index in [1.54, 1.807) is 32.4 Å². The van der Waals surface area contributed by atoms with Gasteiger partial charge in [0.05, 0.1) is 24.9 Å². The van der Waals surface area contributed by atoms with E-state index in [1.807, 2.05) is 6.07 Å². The van der Waals surface area contributed by atoms with Crippen LogP contribution >= 0.6 is 7.60 Å². The molecule has 26 heavy (non-hydrogen) atoms. The Balaban J connectivity index is 1.88. The van der Waals surface area contributed by atoms with Crippen molar-refractivity contribution in [2.24, 2.45) is 0 Å². The summed E-state index contributed by atoms with van der Waals surface area (Å²) in [4.78, 5) is 26.9. The van der Waals surface area contributed by atoms with Crippen LogP contribution in [0.3, 0.4) is 0 Å². The van der Waals surface area contributed by atoms with E-state index >= 15 is 0 Å². The van der Waals surface area contributed by atoms with E-state index in [1.165, 1.54) is 18.5 Å². The van der Waals surface area contributed by atoms with Gasteiger partial charge in [0.1, 0.15) is 29.2 Å². The van der Waals surface area contributed by atoms with Crippen molar-refractivity contribution in [1.82, 2.24) is 9.97 Å². The zero-order chi connectivity index (χ0) is 18.7. The van der Waals surface area contributed by atoms with Gasteiger partial charge in [-0.05, 0) is 23.8 Å². The van der Waals surface area contributed by atoms with Crippen molar-refractivity contribution < 1.29 is 23.8 Å². The lowest BCUT2D eigenvalue weighted by Gasteiger charge is -2.12. The topological polar surface area (TPSA) is 114 Å². The van der Waals surface area contributed by atoms with Crippen LogP contribution in [0.1, 0.15) is 5.56 Å². The third-order valence-electron chi connectivity index (χ3n) is 3.87. The number of hydrogen-bond donors (Lipinski definition) is 3. The van der Waals surface area contributed by atoms with Crippen LogP contribution in [0.15, 0.2) is 42.7 Å². The summed E-state index contributed by atoms with van der Waals surface area (Å²) >= 11 is 0. The van der Waals surface area contributed by atoms with E-state index < -0.39 is 7.60 Å². The summed E-state index contributed by atoms with van der Waals surface area (Å²) in [5.74, 6) is 1.81. The number of nitrogens with zero attached hydrogens (tertiary/aromatic N) is 2. The molecule has 1 heterocycles. The van der Waals surface area contributed by atoms with Crippen molar-refractivity contribution in [3.05, 3.63) is 48.3 Å². The van der Waals surface area contributed by atoms with Crippen molar-refractivity contribution >= 4 is 29.6 Å². The SMILES string of the molecule is COc1cc(OC)c2ncnc(NCc3ccc(P(=O)(O)O)cc3)c2c1. The Kier molecular flexibility index (Phi) is 5.08. The number of nitrogens with one attached hydrogen (secondary N) is 1.